The molecule has 2 aromatic rings. The van der Waals surface area contributed by atoms with Crippen LogP contribution in [0.15, 0.2) is 16.6 Å². The van der Waals surface area contributed by atoms with Crippen molar-refractivity contribution in [2.75, 3.05) is 0 Å². The molecule has 1 heterocycles. The minimum absolute atomic E-state index is 0.349. The maximum atomic E-state index is 5.67. The van der Waals surface area contributed by atoms with E-state index in [1.807, 2.05) is 0 Å². The van der Waals surface area contributed by atoms with E-state index in [9.17, 15) is 0 Å². The number of aromatic nitrogens is 3. The van der Waals surface area contributed by atoms with Crippen molar-refractivity contribution in [3.05, 3.63) is 33.6 Å². The first-order chi connectivity index (χ1) is 7.61. The molecule has 0 saturated carbocycles. The first kappa shape index (κ1) is 11.6. The normalized spacial score (nSPS) is 10.8. The number of hydrogen-bond acceptors (Lipinski definition) is 2. The van der Waals surface area contributed by atoms with Crippen LogP contribution in [0.4, 0.5) is 0 Å². The third-order valence-corrected chi connectivity index (χ3v) is 3.86. The highest BCUT2D eigenvalue weighted by Crippen LogP contribution is 2.26. The Kier molecular flexibility index (Phi) is 3.30. The van der Waals surface area contributed by atoms with Gasteiger partial charge < -0.3 is 0 Å². The average Bonchev–Trinajstić information content (AvgIpc) is 2.73. The lowest BCUT2D eigenvalue weighted by Crippen LogP contribution is -1.87. The van der Waals surface area contributed by atoms with Gasteiger partial charge in [0, 0.05) is 10.0 Å². The van der Waals surface area contributed by atoms with E-state index in [0.717, 1.165) is 10.0 Å². The zero-order valence-electron chi connectivity index (χ0n) is 9.01. The topological polar surface area (TPSA) is 41.6 Å². The summed E-state index contributed by atoms with van der Waals surface area (Å²) in [4.78, 5) is 4.30. The predicted molar refractivity (Wildman–Crippen MR) is 68.5 cm³/mol. The fourth-order valence-electron chi connectivity index (χ4n) is 1.56. The molecule has 0 saturated heterocycles. The maximum Gasteiger partial charge on any atom is 0.181 e. The van der Waals surface area contributed by atoms with Crippen molar-refractivity contribution in [2.24, 2.45) is 0 Å². The summed E-state index contributed by atoms with van der Waals surface area (Å²) in [5, 5.41) is 6.94. The molecular formula is C11H11BrClN3. The van der Waals surface area contributed by atoms with Crippen LogP contribution in [0, 0.1) is 13.8 Å². The number of alkyl halides is 1. The van der Waals surface area contributed by atoms with Crippen LogP contribution in [0.2, 0.25) is 0 Å². The first-order valence-corrected chi connectivity index (χ1v) is 6.19. The van der Waals surface area contributed by atoms with Gasteiger partial charge >= 0.3 is 0 Å². The van der Waals surface area contributed by atoms with Gasteiger partial charge in [0.2, 0.25) is 0 Å². The molecule has 0 aliphatic heterocycles. The molecule has 0 unspecified atom stereocenters. The molecule has 0 amide bonds. The number of halogens is 2. The Labute approximate surface area is 107 Å². The molecule has 84 valence electrons. The van der Waals surface area contributed by atoms with Crippen molar-refractivity contribution < 1.29 is 0 Å². The largest absolute Gasteiger partial charge is 0.262 e. The van der Waals surface area contributed by atoms with Crippen LogP contribution < -0.4 is 0 Å². The average molecular weight is 301 g/mol. The fourth-order valence-corrected chi connectivity index (χ4v) is 1.91. The van der Waals surface area contributed by atoms with Gasteiger partial charge in [-0.3, -0.25) is 5.10 Å². The minimum atomic E-state index is 0.349. The van der Waals surface area contributed by atoms with Gasteiger partial charge in [-0.05, 0) is 37.1 Å². The molecule has 0 spiro atoms. The summed E-state index contributed by atoms with van der Waals surface area (Å²) in [6.45, 7) is 4.10. The Morgan fingerprint density at radius 1 is 1.31 bits per heavy atom. The molecule has 1 N–H and O–H groups in total. The van der Waals surface area contributed by atoms with E-state index in [4.69, 9.17) is 11.6 Å². The summed E-state index contributed by atoms with van der Waals surface area (Å²) in [6, 6.07) is 4.11. The van der Waals surface area contributed by atoms with Gasteiger partial charge in [-0.25, -0.2) is 4.98 Å². The highest BCUT2D eigenvalue weighted by Gasteiger charge is 2.08. The van der Waals surface area contributed by atoms with E-state index in [0.29, 0.717) is 17.5 Å². The van der Waals surface area contributed by atoms with E-state index < -0.39 is 0 Å². The molecule has 0 fully saturated rings. The molecule has 0 aliphatic rings. The van der Waals surface area contributed by atoms with Crippen molar-refractivity contribution in [1.29, 1.82) is 0 Å². The van der Waals surface area contributed by atoms with E-state index in [1.165, 1.54) is 11.1 Å². The number of aromatic amines is 1. The van der Waals surface area contributed by atoms with Crippen LogP contribution in [0.5, 0.6) is 0 Å². The molecule has 16 heavy (non-hydrogen) atoms. The maximum absolute atomic E-state index is 5.67. The van der Waals surface area contributed by atoms with Gasteiger partial charge in [0.05, 0.1) is 5.88 Å². The summed E-state index contributed by atoms with van der Waals surface area (Å²) >= 11 is 9.21. The van der Waals surface area contributed by atoms with Gasteiger partial charge in [0.15, 0.2) is 5.82 Å². The van der Waals surface area contributed by atoms with Crippen LogP contribution in [0.1, 0.15) is 17.0 Å². The number of hydrogen-bond donors (Lipinski definition) is 1. The zero-order valence-corrected chi connectivity index (χ0v) is 11.4. The molecule has 0 radical (unpaired) electrons. The number of aryl methyl sites for hydroxylation is 2. The third kappa shape index (κ3) is 2.13. The monoisotopic (exact) mass is 299 g/mol. The number of nitrogens with one attached hydrogen (secondary N) is 1. The number of rotatable bonds is 2. The highest BCUT2D eigenvalue weighted by molar-refractivity contribution is 9.10. The number of nitrogens with zero attached hydrogens (tertiary/aromatic N) is 2. The van der Waals surface area contributed by atoms with Crippen molar-refractivity contribution in [1.82, 2.24) is 15.2 Å². The van der Waals surface area contributed by atoms with E-state index in [2.05, 4.69) is 57.1 Å². The van der Waals surface area contributed by atoms with Gasteiger partial charge in [-0.15, -0.1) is 11.6 Å². The molecule has 5 heteroatoms. The Hall–Kier alpha value is -0.870. The standard InChI is InChI=1S/C11H11BrClN3/c1-6-3-8(4-7(2)10(6)12)11-14-9(5-13)15-16-11/h3-4H,5H2,1-2H3,(H,14,15,16). The fraction of sp³-hybridized carbons (Fsp3) is 0.273. The second-order valence-electron chi connectivity index (χ2n) is 3.66. The van der Waals surface area contributed by atoms with E-state index in [-0.39, 0.29) is 0 Å². The molecule has 1 aromatic carbocycles. The lowest BCUT2D eigenvalue weighted by Gasteiger charge is -2.04. The van der Waals surface area contributed by atoms with Crippen molar-refractivity contribution in [2.45, 2.75) is 19.7 Å². The minimum Gasteiger partial charge on any atom is -0.262 e. The van der Waals surface area contributed by atoms with Crippen molar-refractivity contribution in [3.8, 4) is 11.4 Å². The van der Waals surface area contributed by atoms with Gasteiger partial charge in [0.25, 0.3) is 0 Å². The SMILES string of the molecule is Cc1cc(-c2n[nH]c(CCl)n2)cc(C)c1Br. The number of benzene rings is 1. The summed E-state index contributed by atoms with van der Waals surface area (Å²) in [5.74, 6) is 1.73. The first-order valence-electron chi connectivity index (χ1n) is 4.86. The van der Waals surface area contributed by atoms with Crippen molar-refractivity contribution >= 4 is 27.5 Å². The quantitative estimate of drug-likeness (QED) is 0.861. The van der Waals surface area contributed by atoms with Crippen LogP contribution in [-0.4, -0.2) is 15.2 Å². The van der Waals surface area contributed by atoms with Gasteiger partial charge in [-0.1, -0.05) is 15.9 Å². The lowest BCUT2D eigenvalue weighted by atomic mass is 10.1. The molecular weight excluding hydrogens is 289 g/mol. The van der Waals surface area contributed by atoms with E-state index in [1.54, 1.807) is 0 Å². The molecule has 2 rings (SSSR count). The summed E-state index contributed by atoms with van der Waals surface area (Å²) in [5.41, 5.74) is 3.35. The van der Waals surface area contributed by atoms with Crippen LogP contribution in [0.25, 0.3) is 11.4 Å². The molecule has 0 atom stereocenters. The second kappa shape index (κ2) is 4.55. The van der Waals surface area contributed by atoms with Crippen LogP contribution >= 0.6 is 27.5 Å². The Balaban J connectivity index is 2.48. The molecule has 0 bridgehead atoms. The highest BCUT2D eigenvalue weighted by atomic mass is 79.9. The predicted octanol–water partition coefficient (Wildman–Crippen LogP) is 3.59. The zero-order chi connectivity index (χ0) is 11.7. The number of H-pyrrole nitrogens is 1. The van der Waals surface area contributed by atoms with E-state index >= 15 is 0 Å². The Morgan fingerprint density at radius 3 is 2.44 bits per heavy atom. The van der Waals surface area contributed by atoms with Gasteiger partial charge in [0.1, 0.15) is 5.82 Å². The lowest BCUT2D eigenvalue weighted by molar-refractivity contribution is 1.02. The Morgan fingerprint density at radius 2 is 1.94 bits per heavy atom. The smallest absolute Gasteiger partial charge is 0.181 e. The summed E-state index contributed by atoms with van der Waals surface area (Å²) in [7, 11) is 0. The summed E-state index contributed by atoms with van der Waals surface area (Å²) < 4.78 is 1.13. The van der Waals surface area contributed by atoms with Gasteiger partial charge in [-0.2, -0.15) is 5.10 Å². The molecule has 0 aliphatic carbocycles. The third-order valence-electron chi connectivity index (χ3n) is 2.35. The van der Waals surface area contributed by atoms with Crippen molar-refractivity contribution in [3.63, 3.8) is 0 Å². The molecule has 3 nitrogen and oxygen atoms in total. The van der Waals surface area contributed by atoms with Crippen LogP contribution in [0.3, 0.4) is 0 Å². The Bertz CT molecular complexity index is 499. The van der Waals surface area contributed by atoms with Crippen LogP contribution in [-0.2, 0) is 5.88 Å². The second-order valence-corrected chi connectivity index (χ2v) is 4.72. The summed E-state index contributed by atoms with van der Waals surface area (Å²) in [6.07, 6.45) is 0. The molecule has 1 aromatic heterocycles.